The third kappa shape index (κ3) is 4.53. The Balaban J connectivity index is 2.00. The van der Waals surface area contributed by atoms with Crippen LogP contribution in [0.5, 0.6) is 0 Å². The average molecular weight is 305 g/mol. The summed E-state index contributed by atoms with van der Waals surface area (Å²) in [7, 11) is 0. The molecule has 1 heterocycles. The van der Waals surface area contributed by atoms with Gasteiger partial charge in [0, 0.05) is 17.1 Å². The predicted octanol–water partition coefficient (Wildman–Crippen LogP) is 3.35. The van der Waals surface area contributed by atoms with E-state index < -0.39 is 0 Å². The minimum Gasteiger partial charge on any atom is -0.325 e. The lowest BCUT2D eigenvalue weighted by Crippen LogP contribution is -2.22. The van der Waals surface area contributed by atoms with Gasteiger partial charge in [-0.15, -0.1) is 0 Å². The van der Waals surface area contributed by atoms with Gasteiger partial charge >= 0.3 is 0 Å². The number of aromatic nitrogens is 2. The number of nitrogens with zero attached hydrogens (tertiary/aromatic N) is 2. The van der Waals surface area contributed by atoms with Gasteiger partial charge in [-0.25, -0.2) is 14.4 Å². The van der Waals surface area contributed by atoms with Crippen LogP contribution in [0.3, 0.4) is 0 Å². The Morgan fingerprint density at radius 3 is 2.33 bits per heavy atom. The van der Waals surface area contributed by atoms with E-state index in [1.54, 1.807) is 6.92 Å². The van der Waals surface area contributed by atoms with Gasteiger partial charge in [-0.2, -0.15) is 0 Å². The minimum atomic E-state index is -0.351. The van der Waals surface area contributed by atoms with E-state index in [0.717, 1.165) is 11.4 Å². The fraction of sp³-hybridized carbons (Fsp3) is 0.267. The number of halogens is 1. The molecule has 0 aliphatic carbocycles. The summed E-state index contributed by atoms with van der Waals surface area (Å²) >= 11 is 1.29. The maximum Gasteiger partial charge on any atom is 0.237 e. The maximum atomic E-state index is 12.8. The predicted molar refractivity (Wildman–Crippen MR) is 81.9 cm³/mol. The maximum absolute atomic E-state index is 12.8. The summed E-state index contributed by atoms with van der Waals surface area (Å²) in [5.41, 5.74) is 2.31. The van der Waals surface area contributed by atoms with E-state index in [1.807, 2.05) is 19.9 Å². The molecule has 0 fully saturated rings. The van der Waals surface area contributed by atoms with Crippen LogP contribution < -0.4 is 5.32 Å². The van der Waals surface area contributed by atoms with Crippen molar-refractivity contribution >= 4 is 23.4 Å². The zero-order valence-electron chi connectivity index (χ0n) is 12.1. The Bertz CT molecular complexity index is 626. The van der Waals surface area contributed by atoms with E-state index in [-0.39, 0.29) is 17.0 Å². The van der Waals surface area contributed by atoms with E-state index in [1.165, 1.54) is 36.0 Å². The fourth-order valence-electron chi connectivity index (χ4n) is 1.74. The molecule has 1 aromatic heterocycles. The molecule has 1 aromatic carbocycles. The first-order chi connectivity index (χ1) is 9.94. The number of aryl methyl sites for hydroxylation is 2. The summed E-state index contributed by atoms with van der Waals surface area (Å²) in [6.45, 7) is 5.56. The van der Waals surface area contributed by atoms with Crippen molar-refractivity contribution in [2.24, 2.45) is 0 Å². The lowest BCUT2D eigenvalue weighted by Gasteiger charge is -2.11. The number of amides is 1. The normalized spacial score (nSPS) is 12.0. The highest BCUT2D eigenvalue weighted by atomic mass is 32.2. The van der Waals surface area contributed by atoms with Crippen molar-refractivity contribution in [1.82, 2.24) is 9.97 Å². The molecule has 2 rings (SSSR count). The van der Waals surface area contributed by atoms with E-state index in [0.29, 0.717) is 10.8 Å². The molecule has 0 saturated carbocycles. The van der Waals surface area contributed by atoms with E-state index in [2.05, 4.69) is 15.3 Å². The van der Waals surface area contributed by atoms with Crippen LogP contribution >= 0.6 is 11.8 Å². The zero-order chi connectivity index (χ0) is 15.4. The minimum absolute atomic E-state index is 0.172. The van der Waals surface area contributed by atoms with Crippen LogP contribution in [0.4, 0.5) is 10.1 Å². The topological polar surface area (TPSA) is 54.9 Å². The molecule has 0 radical (unpaired) electrons. The second-order valence-electron chi connectivity index (χ2n) is 4.69. The largest absolute Gasteiger partial charge is 0.325 e. The number of hydrogen-bond donors (Lipinski definition) is 1. The quantitative estimate of drug-likeness (QED) is 0.695. The summed E-state index contributed by atoms with van der Waals surface area (Å²) in [4.78, 5) is 20.7. The molecule has 1 amide bonds. The van der Waals surface area contributed by atoms with Crippen LogP contribution in [0.15, 0.2) is 35.5 Å². The lowest BCUT2D eigenvalue weighted by molar-refractivity contribution is -0.115. The third-order valence-corrected chi connectivity index (χ3v) is 3.69. The van der Waals surface area contributed by atoms with Crippen molar-refractivity contribution in [3.8, 4) is 0 Å². The number of carbonyl (C=O) groups excluding carboxylic acids is 1. The van der Waals surface area contributed by atoms with Crippen LogP contribution in [0.2, 0.25) is 0 Å². The molecule has 0 aliphatic rings. The Labute approximate surface area is 127 Å². The Morgan fingerprint density at radius 1 is 1.19 bits per heavy atom. The standard InChI is InChI=1S/C15H16FN3OS/c1-9-8-10(2)18-15(17-9)21-11(3)14(20)19-13-6-4-12(16)5-7-13/h4-8,11H,1-3H3,(H,19,20)/t11-/m1/s1. The van der Waals surface area contributed by atoms with Crippen molar-refractivity contribution in [3.05, 3.63) is 47.5 Å². The van der Waals surface area contributed by atoms with Gasteiger partial charge in [-0.3, -0.25) is 4.79 Å². The molecule has 0 spiro atoms. The van der Waals surface area contributed by atoms with Gasteiger partial charge in [-0.1, -0.05) is 11.8 Å². The van der Waals surface area contributed by atoms with Crippen molar-refractivity contribution in [3.63, 3.8) is 0 Å². The number of anilines is 1. The van der Waals surface area contributed by atoms with Crippen molar-refractivity contribution in [1.29, 1.82) is 0 Å². The van der Waals surface area contributed by atoms with E-state index in [4.69, 9.17) is 0 Å². The SMILES string of the molecule is Cc1cc(C)nc(S[C@H](C)C(=O)Nc2ccc(F)cc2)n1. The molecule has 6 heteroatoms. The van der Waals surface area contributed by atoms with Gasteiger partial charge in [0.1, 0.15) is 5.82 Å². The Kier molecular flexibility index (Phi) is 4.90. The highest BCUT2D eigenvalue weighted by Crippen LogP contribution is 2.21. The zero-order valence-corrected chi connectivity index (χ0v) is 12.9. The summed E-state index contributed by atoms with van der Waals surface area (Å²) in [6.07, 6.45) is 0. The fourth-order valence-corrected chi connectivity index (χ4v) is 2.61. The van der Waals surface area contributed by atoms with E-state index in [9.17, 15) is 9.18 Å². The monoisotopic (exact) mass is 305 g/mol. The molecule has 0 aliphatic heterocycles. The smallest absolute Gasteiger partial charge is 0.237 e. The van der Waals surface area contributed by atoms with Gasteiger partial charge in [-0.05, 0) is 51.1 Å². The summed E-state index contributed by atoms with van der Waals surface area (Å²) < 4.78 is 12.8. The van der Waals surface area contributed by atoms with Crippen LogP contribution in [0, 0.1) is 19.7 Å². The molecular weight excluding hydrogens is 289 g/mol. The molecule has 1 N–H and O–H groups in total. The number of rotatable bonds is 4. The average Bonchev–Trinajstić information content (AvgIpc) is 2.40. The molecule has 2 aromatic rings. The molecular formula is C15H16FN3OS. The number of hydrogen-bond acceptors (Lipinski definition) is 4. The first kappa shape index (κ1) is 15.4. The van der Waals surface area contributed by atoms with Crippen LogP contribution in [0.1, 0.15) is 18.3 Å². The molecule has 0 saturated heterocycles. The van der Waals surface area contributed by atoms with Crippen molar-refractivity contribution in [2.45, 2.75) is 31.2 Å². The van der Waals surface area contributed by atoms with Crippen LogP contribution in [-0.2, 0) is 4.79 Å². The highest BCUT2D eigenvalue weighted by molar-refractivity contribution is 8.00. The van der Waals surface area contributed by atoms with E-state index >= 15 is 0 Å². The number of nitrogens with one attached hydrogen (secondary N) is 1. The molecule has 1 atom stereocenters. The second kappa shape index (κ2) is 6.67. The van der Waals surface area contributed by atoms with Gasteiger partial charge in [0.05, 0.1) is 5.25 Å². The Morgan fingerprint density at radius 2 is 1.76 bits per heavy atom. The summed E-state index contributed by atoms with van der Waals surface area (Å²) in [6, 6.07) is 7.55. The van der Waals surface area contributed by atoms with Gasteiger partial charge in [0.2, 0.25) is 5.91 Å². The van der Waals surface area contributed by atoms with Crippen LogP contribution in [-0.4, -0.2) is 21.1 Å². The van der Waals surface area contributed by atoms with Gasteiger partial charge in [0.25, 0.3) is 0 Å². The summed E-state index contributed by atoms with van der Waals surface area (Å²) in [5.74, 6) is -0.506. The molecule has 0 bridgehead atoms. The van der Waals surface area contributed by atoms with Gasteiger partial charge in [0.15, 0.2) is 5.16 Å². The van der Waals surface area contributed by atoms with Crippen LogP contribution in [0.25, 0.3) is 0 Å². The number of carbonyl (C=O) groups is 1. The molecule has 0 unspecified atom stereocenters. The number of benzene rings is 1. The Hall–Kier alpha value is -1.95. The van der Waals surface area contributed by atoms with Crippen molar-refractivity contribution < 1.29 is 9.18 Å². The van der Waals surface area contributed by atoms with Crippen molar-refractivity contribution in [2.75, 3.05) is 5.32 Å². The third-order valence-electron chi connectivity index (χ3n) is 2.72. The number of thioether (sulfide) groups is 1. The highest BCUT2D eigenvalue weighted by Gasteiger charge is 2.16. The first-order valence-electron chi connectivity index (χ1n) is 6.49. The van der Waals surface area contributed by atoms with Gasteiger partial charge < -0.3 is 5.32 Å². The summed E-state index contributed by atoms with van der Waals surface area (Å²) in [5, 5.41) is 2.96. The molecule has 110 valence electrons. The first-order valence-corrected chi connectivity index (χ1v) is 7.37. The molecule has 4 nitrogen and oxygen atoms in total. The lowest BCUT2D eigenvalue weighted by atomic mass is 10.3. The second-order valence-corrected chi connectivity index (χ2v) is 6.00. The molecule has 21 heavy (non-hydrogen) atoms.